The number of carbonyl (C=O) groups is 1. The Labute approximate surface area is 130 Å². The van der Waals surface area contributed by atoms with Crippen molar-refractivity contribution < 1.29 is 13.2 Å². The van der Waals surface area contributed by atoms with Crippen LogP contribution >= 0.6 is 11.3 Å². The fraction of sp³-hybridized carbons (Fsp3) is 0.643. The van der Waals surface area contributed by atoms with Gasteiger partial charge in [0.25, 0.3) is 10.0 Å². The van der Waals surface area contributed by atoms with Crippen LogP contribution in [-0.2, 0) is 14.8 Å². The zero-order valence-electron chi connectivity index (χ0n) is 12.7. The van der Waals surface area contributed by atoms with Gasteiger partial charge in [-0.25, -0.2) is 8.42 Å². The Kier molecular flexibility index (Phi) is 5.06. The number of piperazine rings is 1. The quantitative estimate of drug-likeness (QED) is 0.830. The second-order valence-corrected chi connectivity index (χ2v) is 8.43. The van der Waals surface area contributed by atoms with Gasteiger partial charge in [-0.1, -0.05) is 19.8 Å². The van der Waals surface area contributed by atoms with Crippen molar-refractivity contribution in [3.8, 4) is 0 Å². The van der Waals surface area contributed by atoms with E-state index in [1.807, 2.05) is 6.92 Å². The van der Waals surface area contributed by atoms with Crippen LogP contribution in [0.1, 0.15) is 31.7 Å². The standard InChI is InChI=1S/C14H22N2O3S2/c1-4-5-6-12-13(17)15(3)8-9-16(12)21(18,19)14-11(2)7-10-20-14/h7,10,12H,4-6,8-9H2,1-3H3/t12-/m1/s1. The van der Waals surface area contributed by atoms with E-state index in [1.165, 1.54) is 15.6 Å². The molecule has 118 valence electrons. The first-order valence-electron chi connectivity index (χ1n) is 7.20. The Morgan fingerprint density at radius 2 is 2.10 bits per heavy atom. The number of thiophene rings is 1. The lowest BCUT2D eigenvalue weighted by Gasteiger charge is -2.38. The number of carbonyl (C=O) groups excluding carboxylic acids is 1. The smallest absolute Gasteiger partial charge is 0.253 e. The van der Waals surface area contributed by atoms with E-state index in [4.69, 9.17) is 0 Å². The van der Waals surface area contributed by atoms with Gasteiger partial charge in [0.1, 0.15) is 10.3 Å². The van der Waals surface area contributed by atoms with Gasteiger partial charge in [-0.05, 0) is 30.4 Å². The molecule has 21 heavy (non-hydrogen) atoms. The number of aryl methyl sites for hydroxylation is 1. The average Bonchev–Trinajstić information content (AvgIpc) is 2.87. The SMILES string of the molecule is CCCC[C@@H]1C(=O)N(C)CCN1S(=O)(=O)c1sccc1C. The van der Waals surface area contributed by atoms with Gasteiger partial charge in [0, 0.05) is 20.1 Å². The molecule has 0 radical (unpaired) electrons. The molecule has 0 N–H and O–H groups in total. The van der Waals surface area contributed by atoms with Crippen molar-refractivity contribution in [1.29, 1.82) is 0 Å². The highest BCUT2D eigenvalue weighted by molar-refractivity contribution is 7.91. The van der Waals surface area contributed by atoms with Crippen molar-refractivity contribution in [1.82, 2.24) is 9.21 Å². The fourth-order valence-corrected chi connectivity index (χ4v) is 5.70. The van der Waals surface area contributed by atoms with Crippen LogP contribution < -0.4 is 0 Å². The lowest BCUT2D eigenvalue weighted by molar-refractivity contribution is -0.137. The summed E-state index contributed by atoms with van der Waals surface area (Å²) in [6.07, 6.45) is 2.38. The van der Waals surface area contributed by atoms with Crippen molar-refractivity contribution in [2.45, 2.75) is 43.4 Å². The summed E-state index contributed by atoms with van der Waals surface area (Å²) in [4.78, 5) is 14.0. The maximum absolute atomic E-state index is 12.9. The average molecular weight is 330 g/mol. The number of amides is 1. The van der Waals surface area contributed by atoms with Crippen molar-refractivity contribution >= 4 is 27.3 Å². The molecule has 1 amide bonds. The van der Waals surface area contributed by atoms with E-state index in [0.29, 0.717) is 23.7 Å². The summed E-state index contributed by atoms with van der Waals surface area (Å²) >= 11 is 1.22. The highest BCUT2D eigenvalue weighted by Crippen LogP contribution is 2.29. The third kappa shape index (κ3) is 3.14. The summed E-state index contributed by atoms with van der Waals surface area (Å²) in [5.74, 6) is -0.0903. The molecule has 0 aromatic carbocycles. The predicted molar refractivity (Wildman–Crippen MR) is 83.9 cm³/mol. The summed E-state index contributed by atoms with van der Waals surface area (Å²) in [6.45, 7) is 4.66. The molecule has 1 aliphatic heterocycles. The van der Waals surface area contributed by atoms with E-state index >= 15 is 0 Å². The largest absolute Gasteiger partial charge is 0.343 e. The second-order valence-electron chi connectivity index (χ2n) is 5.42. The Morgan fingerprint density at radius 1 is 1.38 bits per heavy atom. The molecule has 2 rings (SSSR count). The van der Waals surface area contributed by atoms with Crippen LogP contribution in [0.4, 0.5) is 0 Å². The third-order valence-electron chi connectivity index (χ3n) is 3.85. The zero-order chi connectivity index (χ0) is 15.6. The summed E-state index contributed by atoms with van der Waals surface area (Å²) in [5, 5.41) is 1.78. The van der Waals surface area contributed by atoms with Crippen LogP contribution in [0.2, 0.25) is 0 Å². The van der Waals surface area contributed by atoms with Crippen molar-refractivity contribution in [3.63, 3.8) is 0 Å². The molecule has 0 unspecified atom stereocenters. The van der Waals surface area contributed by atoms with E-state index in [-0.39, 0.29) is 5.91 Å². The molecule has 1 aromatic heterocycles. The Hall–Kier alpha value is -0.920. The zero-order valence-corrected chi connectivity index (χ0v) is 14.3. The minimum Gasteiger partial charge on any atom is -0.343 e. The van der Waals surface area contributed by atoms with Gasteiger partial charge in [-0.15, -0.1) is 11.3 Å². The first kappa shape index (κ1) is 16.5. The first-order valence-corrected chi connectivity index (χ1v) is 9.52. The van der Waals surface area contributed by atoms with Gasteiger partial charge in [-0.3, -0.25) is 4.79 Å². The van der Waals surface area contributed by atoms with Gasteiger partial charge < -0.3 is 4.90 Å². The van der Waals surface area contributed by atoms with Crippen molar-refractivity contribution in [2.75, 3.05) is 20.1 Å². The summed E-state index contributed by atoms with van der Waals surface area (Å²) < 4.78 is 27.5. The van der Waals surface area contributed by atoms with Crippen molar-refractivity contribution in [3.05, 3.63) is 17.0 Å². The van der Waals surface area contributed by atoms with Crippen LogP contribution in [-0.4, -0.2) is 49.7 Å². The highest BCUT2D eigenvalue weighted by atomic mass is 32.2. The van der Waals surface area contributed by atoms with Crippen LogP contribution in [0.3, 0.4) is 0 Å². The molecule has 0 saturated carbocycles. The van der Waals surface area contributed by atoms with E-state index < -0.39 is 16.1 Å². The minimum atomic E-state index is -3.58. The Morgan fingerprint density at radius 3 is 2.67 bits per heavy atom. The molecular formula is C14H22N2O3S2. The first-order chi connectivity index (χ1) is 9.89. The highest BCUT2D eigenvalue weighted by Gasteiger charge is 2.40. The van der Waals surface area contributed by atoms with Gasteiger partial charge in [0.05, 0.1) is 0 Å². The van der Waals surface area contributed by atoms with Crippen LogP contribution in [0.5, 0.6) is 0 Å². The van der Waals surface area contributed by atoms with Gasteiger partial charge in [0.2, 0.25) is 5.91 Å². The lowest BCUT2D eigenvalue weighted by atomic mass is 10.1. The van der Waals surface area contributed by atoms with Crippen LogP contribution in [0, 0.1) is 6.92 Å². The molecule has 1 atom stereocenters. The van der Waals surface area contributed by atoms with E-state index in [2.05, 4.69) is 0 Å². The maximum atomic E-state index is 12.9. The number of nitrogens with zero attached hydrogens (tertiary/aromatic N) is 2. The maximum Gasteiger partial charge on any atom is 0.253 e. The van der Waals surface area contributed by atoms with E-state index in [1.54, 1.807) is 30.3 Å². The van der Waals surface area contributed by atoms with Gasteiger partial charge in [-0.2, -0.15) is 4.31 Å². The number of rotatable bonds is 5. The number of sulfonamides is 1. The van der Waals surface area contributed by atoms with E-state index in [0.717, 1.165) is 18.4 Å². The summed E-state index contributed by atoms with van der Waals surface area (Å²) in [6, 6.07) is 1.24. The topological polar surface area (TPSA) is 57.7 Å². The molecule has 0 aliphatic carbocycles. The Balaban J connectivity index is 2.35. The molecule has 1 aliphatic rings. The van der Waals surface area contributed by atoms with Gasteiger partial charge in [0.15, 0.2) is 0 Å². The predicted octanol–water partition coefficient (Wildman–Crippen LogP) is 2.08. The molecule has 5 nitrogen and oxygen atoms in total. The molecule has 1 aromatic rings. The molecule has 1 saturated heterocycles. The normalized spacial score (nSPS) is 21.0. The molecular weight excluding hydrogens is 308 g/mol. The number of unbranched alkanes of at least 4 members (excludes halogenated alkanes) is 1. The molecule has 0 spiro atoms. The van der Waals surface area contributed by atoms with Crippen LogP contribution in [0.15, 0.2) is 15.7 Å². The Bertz CT molecular complexity index is 609. The number of likely N-dealkylation sites (N-methyl/N-ethyl adjacent to an activating group) is 1. The molecule has 0 bridgehead atoms. The monoisotopic (exact) mass is 330 g/mol. The summed E-state index contributed by atoms with van der Waals surface area (Å²) in [5.41, 5.74) is 0.751. The lowest BCUT2D eigenvalue weighted by Crippen LogP contribution is -2.57. The molecule has 7 heteroatoms. The number of hydrogen-bond donors (Lipinski definition) is 0. The molecule has 1 fully saturated rings. The second kappa shape index (κ2) is 6.46. The van der Waals surface area contributed by atoms with Gasteiger partial charge >= 0.3 is 0 Å². The van der Waals surface area contributed by atoms with Crippen LogP contribution in [0.25, 0.3) is 0 Å². The fourth-order valence-electron chi connectivity index (χ4n) is 2.57. The summed E-state index contributed by atoms with van der Waals surface area (Å²) in [7, 11) is -1.84. The molecule has 2 heterocycles. The minimum absolute atomic E-state index is 0.0903. The number of hydrogen-bond acceptors (Lipinski definition) is 4. The van der Waals surface area contributed by atoms with Crippen molar-refractivity contribution in [2.24, 2.45) is 0 Å². The third-order valence-corrected chi connectivity index (χ3v) is 7.43. The van der Waals surface area contributed by atoms with E-state index in [9.17, 15) is 13.2 Å².